The Hall–Kier alpha value is -4.06. The molecule has 12 heteroatoms. The van der Waals surface area contributed by atoms with Gasteiger partial charge in [-0.05, 0) is 62.9 Å². The lowest BCUT2D eigenvalue weighted by molar-refractivity contribution is -0.0515. The highest BCUT2D eigenvalue weighted by Crippen LogP contribution is 2.37. The molecule has 1 aliphatic rings. The molecule has 0 radical (unpaired) electrons. The van der Waals surface area contributed by atoms with E-state index in [0.717, 1.165) is 12.8 Å². The molecule has 1 aromatic carbocycles. The fourth-order valence-corrected chi connectivity index (χ4v) is 3.58. The van der Waals surface area contributed by atoms with Gasteiger partial charge in [-0.15, -0.1) is 0 Å². The van der Waals surface area contributed by atoms with Gasteiger partial charge in [-0.3, -0.25) is 4.79 Å². The van der Waals surface area contributed by atoms with Crippen molar-refractivity contribution in [1.29, 1.82) is 0 Å². The van der Waals surface area contributed by atoms with E-state index in [-0.39, 0.29) is 47.1 Å². The first kappa shape index (κ1) is 28.0. The summed E-state index contributed by atoms with van der Waals surface area (Å²) in [7, 11) is 1.66. The predicted molar refractivity (Wildman–Crippen MR) is 135 cm³/mol. The second kappa shape index (κ2) is 12.2. The first-order valence-electron chi connectivity index (χ1n) is 12.5. The maximum atomic E-state index is 13.0. The zero-order valence-corrected chi connectivity index (χ0v) is 21.9. The molecule has 1 amide bonds. The average molecular weight is 545 g/mol. The molecule has 1 aliphatic carbocycles. The molecule has 0 saturated heterocycles. The number of esters is 1. The summed E-state index contributed by atoms with van der Waals surface area (Å²) in [5, 5.41) is 0. The molecular formula is C27H30F2N4O6. The number of carbonyl (C=O) groups is 2. The summed E-state index contributed by atoms with van der Waals surface area (Å²) in [5.41, 5.74) is 6.86. The minimum atomic E-state index is -3.02. The van der Waals surface area contributed by atoms with Gasteiger partial charge in [-0.25, -0.2) is 14.8 Å². The molecular weight excluding hydrogens is 514 g/mol. The summed E-state index contributed by atoms with van der Waals surface area (Å²) < 4.78 is 47.2. The fourth-order valence-electron chi connectivity index (χ4n) is 3.58. The van der Waals surface area contributed by atoms with Crippen LogP contribution in [-0.4, -0.2) is 53.6 Å². The van der Waals surface area contributed by atoms with Gasteiger partial charge in [0.1, 0.15) is 12.3 Å². The third-order valence-corrected chi connectivity index (χ3v) is 6.04. The smallest absolute Gasteiger partial charge is 0.387 e. The van der Waals surface area contributed by atoms with Crippen LogP contribution in [0.3, 0.4) is 0 Å². The molecule has 208 valence electrons. The van der Waals surface area contributed by atoms with E-state index in [0.29, 0.717) is 30.3 Å². The number of amides is 1. The van der Waals surface area contributed by atoms with Crippen LogP contribution >= 0.6 is 0 Å². The molecule has 39 heavy (non-hydrogen) atoms. The lowest BCUT2D eigenvalue weighted by Gasteiger charge is -2.14. The number of carbonyl (C=O) groups excluding carboxylic acids is 2. The Morgan fingerprint density at radius 1 is 1.18 bits per heavy atom. The largest absolute Gasteiger partial charge is 0.489 e. The quantitative estimate of drug-likeness (QED) is 0.325. The summed E-state index contributed by atoms with van der Waals surface area (Å²) in [5.74, 6) is -0.570. The highest BCUT2D eigenvalue weighted by atomic mass is 19.3. The average Bonchev–Trinajstić information content (AvgIpc) is 3.64. The van der Waals surface area contributed by atoms with E-state index in [4.69, 9.17) is 19.6 Å². The Kier molecular flexibility index (Phi) is 8.75. The standard InChI is InChI=1S/C27H30F2N4O6/c1-4-33(3)25(34)19-7-5-6-18(31-19)14-37-26(35)22-23(15(2)30)39-24(32-22)17-10-11-20(38-27(28)29)21(12-17)36-13-16-8-9-16/h5-7,10-12,15-16,27H,4,8-9,13-14,30H2,1-3H3/t15-/m0/s1. The van der Waals surface area contributed by atoms with Crippen LogP contribution in [0.5, 0.6) is 11.5 Å². The molecule has 3 aromatic rings. The Morgan fingerprint density at radius 2 is 1.95 bits per heavy atom. The SMILES string of the molecule is CCN(C)C(=O)c1cccc(COC(=O)c2nc(-c3ccc(OC(F)F)c(OCC4CC4)c3)oc2[C@H](C)N)n1. The van der Waals surface area contributed by atoms with Gasteiger partial charge in [-0.1, -0.05) is 6.07 Å². The Labute approximate surface area is 224 Å². The minimum absolute atomic E-state index is 0.0300. The van der Waals surface area contributed by atoms with Crippen molar-refractivity contribution in [3.63, 3.8) is 0 Å². The molecule has 2 aromatic heterocycles. The van der Waals surface area contributed by atoms with Crippen molar-refractivity contribution >= 4 is 11.9 Å². The Bertz CT molecular complexity index is 1330. The first-order chi connectivity index (χ1) is 18.7. The highest BCUT2D eigenvalue weighted by Gasteiger charge is 2.27. The molecule has 4 rings (SSSR count). The molecule has 0 bridgehead atoms. The van der Waals surface area contributed by atoms with Gasteiger partial charge in [0, 0.05) is 19.2 Å². The van der Waals surface area contributed by atoms with Crippen molar-refractivity contribution in [2.24, 2.45) is 11.7 Å². The summed E-state index contributed by atoms with van der Waals surface area (Å²) in [6.45, 7) is 1.12. The number of hydrogen-bond donors (Lipinski definition) is 1. The van der Waals surface area contributed by atoms with Crippen molar-refractivity contribution in [3.05, 3.63) is 59.2 Å². The molecule has 0 spiro atoms. The van der Waals surface area contributed by atoms with Gasteiger partial charge in [-0.2, -0.15) is 8.78 Å². The van der Waals surface area contributed by atoms with Crippen molar-refractivity contribution in [2.75, 3.05) is 20.2 Å². The molecule has 1 atom stereocenters. The van der Waals surface area contributed by atoms with Crippen molar-refractivity contribution in [3.8, 4) is 23.0 Å². The number of oxazole rings is 1. The Balaban J connectivity index is 1.54. The van der Waals surface area contributed by atoms with Crippen molar-refractivity contribution < 1.29 is 37.0 Å². The number of rotatable bonds is 12. The summed E-state index contributed by atoms with van der Waals surface area (Å²) in [4.78, 5) is 35.4. The third kappa shape index (κ3) is 7.08. The number of aromatic nitrogens is 2. The predicted octanol–water partition coefficient (Wildman–Crippen LogP) is 4.60. The highest BCUT2D eigenvalue weighted by molar-refractivity contribution is 5.92. The van der Waals surface area contributed by atoms with E-state index in [1.807, 2.05) is 6.92 Å². The van der Waals surface area contributed by atoms with Crippen LogP contribution in [0.2, 0.25) is 0 Å². The normalized spacial score (nSPS) is 13.7. The van der Waals surface area contributed by atoms with E-state index in [2.05, 4.69) is 14.7 Å². The van der Waals surface area contributed by atoms with E-state index >= 15 is 0 Å². The van der Waals surface area contributed by atoms with Crippen LogP contribution in [-0.2, 0) is 11.3 Å². The van der Waals surface area contributed by atoms with E-state index < -0.39 is 18.6 Å². The summed E-state index contributed by atoms with van der Waals surface area (Å²) in [6, 6.07) is 8.41. The fraction of sp³-hybridized carbons (Fsp3) is 0.407. The number of nitrogens with two attached hydrogens (primary N) is 1. The maximum absolute atomic E-state index is 13.0. The summed E-state index contributed by atoms with van der Waals surface area (Å²) >= 11 is 0. The number of benzene rings is 1. The third-order valence-electron chi connectivity index (χ3n) is 6.04. The van der Waals surface area contributed by atoms with Crippen molar-refractivity contribution in [1.82, 2.24) is 14.9 Å². The molecule has 0 unspecified atom stereocenters. The number of nitrogens with zero attached hydrogens (tertiary/aromatic N) is 3. The first-order valence-corrected chi connectivity index (χ1v) is 12.5. The second-order valence-electron chi connectivity index (χ2n) is 9.22. The van der Waals surface area contributed by atoms with Crippen LogP contribution in [0.25, 0.3) is 11.5 Å². The lowest BCUT2D eigenvalue weighted by atomic mass is 10.2. The number of pyridine rings is 1. The molecule has 2 heterocycles. The number of hydrogen-bond acceptors (Lipinski definition) is 9. The maximum Gasteiger partial charge on any atom is 0.387 e. The minimum Gasteiger partial charge on any atom is -0.489 e. The van der Waals surface area contributed by atoms with Crippen LogP contribution in [0.15, 0.2) is 40.8 Å². The van der Waals surface area contributed by atoms with Crippen LogP contribution in [0, 0.1) is 5.92 Å². The number of alkyl halides is 2. The van der Waals surface area contributed by atoms with Crippen molar-refractivity contribution in [2.45, 2.75) is 45.9 Å². The van der Waals surface area contributed by atoms with Gasteiger partial charge in [0.05, 0.1) is 18.3 Å². The number of halogens is 2. The zero-order chi connectivity index (χ0) is 28.1. The van der Waals surface area contributed by atoms with Gasteiger partial charge in [0.15, 0.2) is 23.0 Å². The van der Waals surface area contributed by atoms with Crippen LogP contribution in [0.1, 0.15) is 65.2 Å². The molecule has 1 saturated carbocycles. The molecule has 10 nitrogen and oxygen atoms in total. The van der Waals surface area contributed by atoms with E-state index in [1.165, 1.54) is 23.1 Å². The van der Waals surface area contributed by atoms with Crippen LogP contribution in [0.4, 0.5) is 8.78 Å². The van der Waals surface area contributed by atoms with E-state index in [9.17, 15) is 18.4 Å². The van der Waals surface area contributed by atoms with Gasteiger partial charge in [0.2, 0.25) is 5.89 Å². The zero-order valence-electron chi connectivity index (χ0n) is 21.9. The van der Waals surface area contributed by atoms with Crippen LogP contribution < -0.4 is 15.2 Å². The number of ether oxygens (including phenoxy) is 3. The Morgan fingerprint density at radius 3 is 2.62 bits per heavy atom. The monoisotopic (exact) mass is 544 g/mol. The van der Waals surface area contributed by atoms with Gasteiger partial charge in [0.25, 0.3) is 5.91 Å². The van der Waals surface area contributed by atoms with Gasteiger partial charge >= 0.3 is 12.6 Å². The van der Waals surface area contributed by atoms with Gasteiger partial charge < -0.3 is 29.3 Å². The molecule has 0 aliphatic heterocycles. The molecule has 2 N–H and O–H groups in total. The summed E-state index contributed by atoms with van der Waals surface area (Å²) in [6.07, 6.45) is 2.03. The lowest BCUT2D eigenvalue weighted by Crippen LogP contribution is -2.27. The second-order valence-corrected chi connectivity index (χ2v) is 9.22. The molecule has 1 fully saturated rings. The topological polar surface area (TPSA) is 130 Å². The van der Waals surface area contributed by atoms with E-state index in [1.54, 1.807) is 32.2 Å².